The number of nitrogens with one attached hydrogen (secondary N) is 1. The van der Waals surface area contributed by atoms with Gasteiger partial charge >= 0.3 is 0 Å². The summed E-state index contributed by atoms with van der Waals surface area (Å²) in [7, 11) is 1.88. The zero-order valence-corrected chi connectivity index (χ0v) is 13.2. The Kier molecular flexibility index (Phi) is 4.41. The molecule has 0 atom stereocenters. The van der Waals surface area contributed by atoms with Gasteiger partial charge in [-0.25, -0.2) is 0 Å². The van der Waals surface area contributed by atoms with E-state index in [1.54, 1.807) is 0 Å². The van der Waals surface area contributed by atoms with Gasteiger partial charge in [-0.2, -0.15) is 15.0 Å². The minimum Gasteiger partial charge on any atom is -0.357 e. The molecule has 1 aliphatic carbocycles. The second-order valence-corrected chi connectivity index (χ2v) is 5.98. The van der Waals surface area contributed by atoms with Crippen LogP contribution in [-0.4, -0.2) is 47.7 Å². The van der Waals surface area contributed by atoms with Gasteiger partial charge in [0.1, 0.15) is 0 Å². The molecule has 1 aliphatic heterocycles. The van der Waals surface area contributed by atoms with E-state index in [1.807, 2.05) is 7.05 Å². The Morgan fingerprint density at radius 3 is 2.52 bits per heavy atom. The molecule has 2 aliphatic rings. The topological polar surface area (TPSA) is 57.2 Å². The van der Waals surface area contributed by atoms with E-state index in [4.69, 9.17) is 4.98 Å². The predicted molar refractivity (Wildman–Crippen MR) is 86.1 cm³/mol. The highest BCUT2D eigenvalue weighted by Gasteiger charge is 2.31. The van der Waals surface area contributed by atoms with Crippen molar-refractivity contribution in [2.75, 3.05) is 41.8 Å². The van der Waals surface area contributed by atoms with E-state index in [0.717, 1.165) is 38.0 Å². The quantitative estimate of drug-likeness (QED) is 0.867. The van der Waals surface area contributed by atoms with Crippen molar-refractivity contribution in [2.45, 2.75) is 51.5 Å². The number of piperidine rings is 1. The standard InChI is InChI=1S/C15H26N6/c1-3-9-21(12-7-8-12)15-18-13(16-2)17-14(19-15)20-10-5-4-6-11-20/h12H,3-11H2,1-2H3,(H,16,17,18,19). The van der Waals surface area contributed by atoms with Crippen molar-refractivity contribution in [3.8, 4) is 0 Å². The fraction of sp³-hybridized carbons (Fsp3) is 0.800. The number of hydrogen-bond acceptors (Lipinski definition) is 6. The van der Waals surface area contributed by atoms with Gasteiger partial charge in [0.05, 0.1) is 0 Å². The molecule has 1 aromatic heterocycles. The van der Waals surface area contributed by atoms with E-state index in [2.05, 4.69) is 32.0 Å². The predicted octanol–water partition coefficient (Wildman–Crippen LogP) is 2.28. The second-order valence-electron chi connectivity index (χ2n) is 5.98. The van der Waals surface area contributed by atoms with E-state index >= 15 is 0 Å². The lowest BCUT2D eigenvalue weighted by Gasteiger charge is -2.28. The summed E-state index contributed by atoms with van der Waals surface area (Å²) in [6.07, 6.45) is 7.43. The first-order chi connectivity index (χ1) is 10.3. The molecule has 1 N–H and O–H groups in total. The zero-order valence-electron chi connectivity index (χ0n) is 13.2. The minimum absolute atomic E-state index is 0.631. The van der Waals surface area contributed by atoms with Crippen LogP contribution in [0.1, 0.15) is 45.4 Å². The van der Waals surface area contributed by atoms with Crippen molar-refractivity contribution in [2.24, 2.45) is 0 Å². The van der Waals surface area contributed by atoms with E-state index in [9.17, 15) is 0 Å². The van der Waals surface area contributed by atoms with Crippen molar-refractivity contribution in [1.82, 2.24) is 15.0 Å². The van der Waals surface area contributed by atoms with Crippen LogP contribution in [0.4, 0.5) is 17.8 Å². The highest BCUT2D eigenvalue weighted by molar-refractivity contribution is 5.46. The maximum atomic E-state index is 4.77. The largest absolute Gasteiger partial charge is 0.357 e. The Balaban J connectivity index is 1.87. The van der Waals surface area contributed by atoms with Gasteiger partial charge in [-0.3, -0.25) is 0 Å². The number of hydrogen-bond donors (Lipinski definition) is 1. The average molecular weight is 290 g/mol. The molecule has 21 heavy (non-hydrogen) atoms. The molecule has 3 rings (SSSR count). The van der Waals surface area contributed by atoms with Crippen molar-refractivity contribution >= 4 is 17.8 Å². The minimum atomic E-state index is 0.631. The molecule has 0 unspecified atom stereocenters. The van der Waals surface area contributed by atoms with Crippen LogP contribution in [0.3, 0.4) is 0 Å². The number of anilines is 3. The van der Waals surface area contributed by atoms with Gasteiger partial charge in [-0.15, -0.1) is 0 Å². The maximum absolute atomic E-state index is 4.77. The van der Waals surface area contributed by atoms with Gasteiger partial charge in [-0.1, -0.05) is 6.92 Å². The van der Waals surface area contributed by atoms with Gasteiger partial charge in [-0.05, 0) is 38.5 Å². The fourth-order valence-corrected chi connectivity index (χ4v) is 2.90. The molecule has 0 amide bonds. The lowest BCUT2D eigenvalue weighted by atomic mass is 10.1. The fourth-order valence-electron chi connectivity index (χ4n) is 2.90. The smallest absolute Gasteiger partial charge is 0.232 e. The zero-order chi connectivity index (χ0) is 14.7. The molecule has 0 bridgehead atoms. The lowest BCUT2D eigenvalue weighted by Crippen LogP contribution is -2.33. The van der Waals surface area contributed by atoms with Crippen molar-refractivity contribution in [1.29, 1.82) is 0 Å². The van der Waals surface area contributed by atoms with Gasteiger partial charge in [0.25, 0.3) is 0 Å². The summed E-state index contributed by atoms with van der Waals surface area (Å²) in [6, 6.07) is 0.631. The Morgan fingerprint density at radius 1 is 1.14 bits per heavy atom. The highest BCUT2D eigenvalue weighted by atomic mass is 15.4. The van der Waals surface area contributed by atoms with Crippen LogP contribution in [0, 0.1) is 0 Å². The third-order valence-corrected chi connectivity index (χ3v) is 4.18. The Bertz CT molecular complexity index is 467. The monoisotopic (exact) mass is 290 g/mol. The summed E-state index contributed by atoms with van der Waals surface area (Å²) >= 11 is 0. The highest BCUT2D eigenvalue weighted by Crippen LogP contribution is 2.31. The number of rotatable bonds is 6. The molecular formula is C15H26N6. The van der Waals surface area contributed by atoms with E-state index in [1.165, 1.54) is 32.1 Å². The first-order valence-corrected chi connectivity index (χ1v) is 8.27. The van der Waals surface area contributed by atoms with Crippen LogP contribution < -0.4 is 15.1 Å². The molecule has 6 heteroatoms. The summed E-state index contributed by atoms with van der Waals surface area (Å²) in [5.41, 5.74) is 0. The summed E-state index contributed by atoms with van der Waals surface area (Å²) in [6.45, 7) is 5.35. The number of nitrogens with zero attached hydrogens (tertiary/aromatic N) is 5. The Hall–Kier alpha value is -1.59. The van der Waals surface area contributed by atoms with Crippen LogP contribution in [0.15, 0.2) is 0 Å². The molecule has 1 saturated heterocycles. The molecule has 116 valence electrons. The SMILES string of the molecule is CCCN(c1nc(NC)nc(N2CCCCC2)n1)C1CC1. The van der Waals surface area contributed by atoms with Crippen LogP contribution in [0.2, 0.25) is 0 Å². The van der Waals surface area contributed by atoms with Crippen molar-refractivity contribution in [3.05, 3.63) is 0 Å². The van der Waals surface area contributed by atoms with Gasteiger partial charge in [0.15, 0.2) is 0 Å². The average Bonchev–Trinajstić information content (AvgIpc) is 3.37. The molecule has 2 fully saturated rings. The van der Waals surface area contributed by atoms with Crippen LogP contribution in [0.5, 0.6) is 0 Å². The van der Waals surface area contributed by atoms with Crippen LogP contribution in [-0.2, 0) is 0 Å². The third-order valence-electron chi connectivity index (χ3n) is 4.18. The summed E-state index contributed by atoms with van der Waals surface area (Å²) in [5.74, 6) is 2.37. The van der Waals surface area contributed by atoms with Crippen molar-refractivity contribution < 1.29 is 0 Å². The summed E-state index contributed by atoms with van der Waals surface area (Å²) < 4.78 is 0. The van der Waals surface area contributed by atoms with E-state index < -0.39 is 0 Å². The third kappa shape index (κ3) is 3.36. The first kappa shape index (κ1) is 14.4. The van der Waals surface area contributed by atoms with Gasteiger partial charge in [0.2, 0.25) is 17.8 Å². The molecule has 0 radical (unpaired) electrons. The molecule has 6 nitrogen and oxygen atoms in total. The maximum Gasteiger partial charge on any atom is 0.232 e. The van der Waals surface area contributed by atoms with E-state index in [0.29, 0.717) is 12.0 Å². The summed E-state index contributed by atoms with van der Waals surface area (Å²) in [5, 5.41) is 3.09. The van der Waals surface area contributed by atoms with Crippen LogP contribution >= 0.6 is 0 Å². The number of aromatic nitrogens is 3. The molecule has 0 spiro atoms. The van der Waals surface area contributed by atoms with E-state index in [-0.39, 0.29) is 0 Å². The normalized spacial score (nSPS) is 18.7. The van der Waals surface area contributed by atoms with Gasteiger partial charge < -0.3 is 15.1 Å². The molecule has 2 heterocycles. The van der Waals surface area contributed by atoms with Crippen LogP contribution in [0.25, 0.3) is 0 Å². The summed E-state index contributed by atoms with van der Waals surface area (Å²) in [4.78, 5) is 18.6. The molecular weight excluding hydrogens is 264 g/mol. The molecule has 1 saturated carbocycles. The lowest BCUT2D eigenvalue weighted by molar-refractivity contribution is 0.567. The Labute approximate surface area is 127 Å². The van der Waals surface area contributed by atoms with Gasteiger partial charge in [0, 0.05) is 32.7 Å². The second kappa shape index (κ2) is 6.45. The first-order valence-electron chi connectivity index (χ1n) is 8.27. The molecule has 1 aromatic rings. The molecule has 0 aromatic carbocycles. The Morgan fingerprint density at radius 2 is 1.90 bits per heavy atom. The van der Waals surface area contributed by atoms with Crippen molar-refractivity contribution in [3.63, 3.8) is 0 Å².